The second-order valence-corrected chi connectivity index (χ2v) is 3.50. The van der Waals surface area contributed by atoms with Crippen molar-refractivity contribution in [3.63, 3.8) is 0 Å². The Morgan fingerprint density at radius 1 is 1.50 bits per heavy atom. The van der Waals surface area contributed by atoms with Crippen molar-refractivity contribution < 1.29 is 4.79 Å². The molecule has 1 aliphatic heterocycles. The number of hydrogen-bond donors (Lipinski definition) is 2. The van der Waals surface area contributed by atoms with E-state index in [0.29, 0.717) is 6.42 Å². The van der Waals surface area contributed by atoms with Gasteiger partial charge in [0.2, 0.25) is 5.91 Å². The van der Waals surface area contributed by atoms with Crippen LogP contribution in [-0.2, 0) is 4.79 Å². The first-order valence-corrected chi connectivity index (χ1v) is 4.73. The van der Waals surface area contributed by atoms with E-state index in [2.05, 4.69) is 10.3 Å². The summed E-state index contributed by atoms with van der Waals surface area (Å²) in [7, 11) is 0. The Kier molecular flexibility index (Phi) is 2.45. The number of hydrogen-bond acceptors (Lipinski definition) is 3. The lowest BCUT2D eigenvalue weighted by atomic mass is 9.96. The standard InChI is InChI=1S/C10H13N3O/c11-7-4-5-9(14)13-10(7)8-3-1-2-6-12-8/h1-3,6-7,10H,4-5,11H2,(H,13,14)/t7-,10+/m1/s1. The highest BCUT2D eigenvalue weighted by atomic mass is 16.1. The number of nitrogens with two attached hydrogens (primary N) is 1. The van der Waals surface area contributed by atoms with E-state index in [1.807, 2.05) is 18.2 Å². The molecule has 1 saturated heterocycles. The third-order valence-electron chi connectivity index (χ3n) is 2.46. The molecule has 0 saturated carbocycles. The van der Waals surface area contributed by atoms with Crippen molar-refractivity contribution in [1.82, 2.24) is 10.3 Å². The van der Waals surface area contributed by atoms with Gasteiger partial charge in [0.25, 0.3) is 0 Å². The van der Waals surface area contributed by atoms with Crippen LogP contribution in [0.25, 0.3) is 0 Å². The van der Waals surface area contributed by atoms with E-state index >= 15 is 0 Å². The highest BCUT2D eigenvalue weighted by Crippen LogP contribution is 2.20. The zero-order valence-corrected chi connectivity index (χ0v) is 7.81. The average molecular weight is 191 g/mol. The first-order valence-electron chi connectivity index (χ1n) is 4.73. The first kappa shape index (κ1) is 9.15. The minimum absolute atomic E-state index is 0.0254. The zero-order chi connectivity index (χ0) is 9.97. The molecule has 1 fully saturated rings. The van der Waals surface area contributed by atoms with Gasteiger partial charge in [-0.25, -0.2) is 0 Å². The molecule has 1 aromatic heterocycles. The quantitative estimate of drug-likeness (QED) is 0.673. The molecule has 1 aromatic rings. The van der Waals surface area contributed by atoms with Crippen LogP contribution in [0.3, 0.4) is 0 Å². The summed E-state index contributed by atoms with van der Waals surface area (Å²) in [6.07, 6.45) is 2.96. The van der Waals surface area contributed by atoms with E-state index in [1.54, 1.807) is 6.20 Å². The largest absolute Gasteiger partial charge is 0.346 e. The van der Waals surface area contributed by atoms with E-state index in [4.69, 9.17) is 5.73 Å². The third kappa shape index (κ3) is 1.75. The fourth-order valence-electron chi connectivity index (χ4n) is 1.67. The minimum atomic E-state index is -0.127. The number of pyridine rings is 1. The fraction of sp³-hybridized carbons (Fsp3) is 0.400. The van der Waals surface area contributed by atoms with E-state index in [9.17, 15) is 4.79 Å². The van der Waals surface area contributed by atoms with Gasteiger partial charge >= 0.3 is 0 Å². The number of aromatic nitrogens is 1. The van der Waals surface area contributed by atoms with Gasteiger partial charge in [0.1, 0.15) is 0 Å². The third-order valence-corrected chi connectivity index (χ3v) is 2.46. The number of carbonyl (C=O) groups excluding carboxylic acids is 1. The smallest absolute Gasteiger partial charge is 0.220 e. The van der Waals surface area contributed by atoms with Crippen LogP contribution in [0.5, 0.6) is 0 Å². The molecule has 74 valence electrons. The Bertz CT molecular complexity index is 325. The van der Waals surface area contributed by atoms with Crippen LogP contribution in [-0.4, -0.2) is 16.9 Å². The summed E-state index contributed by atoms with van der Waals surface area (Å²) in [6, 6.07) is 5.48. The molecular weight excluding hydrogens is 178 g/mol. The molecule has 0 aromatic carbocycles. The van der Waals surface area contributed by atoms with Crippen molar-refractivity contribution in [3.8, 4) is 0 Å². The fourth-order valence-corrected chi connectivity index (χ4v) is 1.67. The van der Waals surface area contributed by atoms with Crippen LogP contribution >= 0.6 is 0 Å². The lowest BCUT2D eigenvalue weighted by molar-refractivity contribution is -0.123. The molecule has 4 heteroatoms. The van der Waals surface area contributed by atoms with Crippen LogP contribution in [0.15, 0.2) is 24.4 Å². The molecule has 1 amide bonds. The zero-order valence-electron chi connectivity index (χ0n) is 7.81. The van der Waals surface area contributed by atoms with Gasteiger partial charge in [-0.1, -0.05) is 6.07 Å². The van der Waals surface area contributed by atoms with Gasteiger partial charge in [-0.3, -0.25) is 9.78 Å². The molecule has 0 bridgehead atoms. The van der Waals surface area contributed by atoms with Gasteiger partial charge in [-0.2, -0.15) is 0 Å². The molecule has 0 unspecified atom stereocenters. The first-order chi connectivity index (χ1) is 6.77. The van der Waals surface area contributed by atoms with Gasteiger partial charge in [0.05, 0.1) is 11.7 Å². The molecule has 2 atom stereocenters. The summed E-state index contributed by atoms with van der Waals surface area (Å²) in [4.78, 5) is 15.4. The van der Waals surface area contributed by atoms with E-state index in [0.717, 1.165) is 12.1 Å². The second-order valence-electron chi connectivity index (χ2n) is 3.50. The van der Waals surface area contributed by atoms with Crippen molar-refractivity contribution in [2.45, 2.75) is 24.9 Å². The molecular formula is C10H13N3O. The molecule has 4 nitrogen and oxygen atoms in total. The van der Waals surface area contributed by atoms with E-state index in [-0.39, 0.29) is 18.0 Å². The molecule has 0 spiro atoms. The molecule has 0 radical (unpaired) electrons. The van der Waals surface area contributed by atoms with Crippen LogP contribution in [0.2, 0.25) is 0 Å². The number of carbonyl (C=O) groups is 1. The van der Waals surface area contributed by atoms with E-state index < -0.39 is 0 Å². The van der Waals surface area contributed by atoms with Crippen molar-refractivity contribution in [2.75, 3.05) is 0 Å². The van der Waals surface area contributed by atoms with Gasteiger partial charge < -0.3 is 11.1 Å². The highest BCUT2D eigenvalue weighted by molar-refractivity contribution is 5.77. The Morgan fingerprint density at radius 2 is 2.36 bits per heavy atom. The minimum Gasteiger partial charge on any atom is -0.346 e. The highest BCUT2D eigenvalue weighted by Gasteiger charge is 2.27. The number of piperidine rings is 1. The summed E-state index contributed by atoms with van der Waals surface area (Å²) in [5, 5.41) is 2.86. The predicted octanol–water partition coefficient (Wildman–Crippen LogP) is 0.360. The lowest BCUT2D eigenvalue weighted by Crippen LogP contribution is -2.46. The molecule has 2 heterocycles. The van der Waals surface area contributed by atoms with Crippen molar-refractivity contribution >= 4 is 5.91 Å². The van der Waals surface area contributed by atoms with Crippen molar-refractivity contribution in [3.05, 3.63) is 30.1 Å². The van der Waals surface area contributed by atoms with Crippen LogP contribution in [0, 0.1) is 0 Å². The summed E-state index contributed by atoms with van der Waals surface area (Å²) in [5.74, 6) is 0.0577. The van der Waals surface area contributed by atoms with Crippen LogP contribution < -0.4 is 11.1 Å². The monoisotopic (exact) mass is 191 g/mol. The summed E-state index contributed by atoms with van der Waals surface area (Å²) < 4.78 is 0. The van der Waals surface area contributed by atoms with Crippen molar-refractivity contribution in [1.29, 1.82) is 0 Å². The lowest BCUT2D eigenvalue weighted by Gasteiger charge is -2.28. The summed E-state index contributed by atoms with van der Waals surface area (Å²) in [5.41, 5.74) is 6.76. The average Bonchev–Trinajstić information content (AvgIpc) is 2.23. The maximum atomic E-state index is 11.2. The second kappa shape index (κ2) is 3.75. The SMILES string of the molecule is N[C@@H]1CCC(=O)N[C@@H]1c1ccccn1. The molecule has 3 N–H and O–H groups in total. The topological polar surface area (TPSA) is 68.0 Å². The molecule has 2 rings (SSSR count). The van der Waals surface area contributed by atoms with Gasteiger partial charge in [0.15, 0.2) is 0 Å². The number of rotatable bonds is 1. The molecule has 1 aliphatic rings. The summed E-state index contributed by atoms with van der Waals surface area (Å²) in [6.45, 7) is 0. The number of nitrogens with one attached hydrogen (secondary N) is 1. The maximum absolute atomic E-state index is 11.2. The molecule has 0 aliphatic carbocycles. The predicted molar refractivity (Wildman–Crippen MR) is 52.3 cm³/mol. The van der Waals surface area contributed by atoms with E-state index in [1.165, 1.54) is 0 Å². The van der Waals surface area contributed by atoms with Crippen LogP contribution in [0.4, 0.5) is 0 Å². The normalized spacial score (nSPS) is 27.1. The Morgan fingerprint density at radius 3 is 3.07 bits per heavy atom. The Balaban J connectivity index is 2.20. The number of nitrogens with zero attached hydrogens (tertiary/aromatic N) is 1. The Labute approximate surface area is 82.5 Å². The molecule has 14 heavy (non-hydrogen) atoms. The van der Waals surface area contributed by atoms with Crippen LogP contribution in [0.1, 0.15) is 24.6 Å². The van der Waals surface area contributed by atoms with Gasteiger partial charge in [0, 0.05) is 18.7 Å². The summed E-state index contributed by atoms with van der Waals surface area (Å²) >= 11 is 0. The maximum Gasteiger partial charge on any atom is 0.220 e. The number of amides is 1. The van der Waals surface area contributed by atoms with Crippen molar-refractivity contribution in [2.24, 2.45) is 5.73 Å². The van der Waals surface area contributed by atoms with Gasteiger partial charge in [-0.05, 0) is 18.6 Å². The van der Waals surface area contributed by atoms with Gasteiger partial charge in [-0.15, -0.1) is 0 Å². The Hall–Kier alpha value is -1.42.